The maximum absolute atomic E-state index is 10.8. The van der Waals surface area contributed by atoms with Crippen LogP contribution in [0.3, 0.4) is 0 Å². The zero-order valence-corrected chi connectivity index (χ0v) is 13.9. The molecule has 0 aliphatic rings. The van der Waals surface area contributed by atoms with Gasteiger partial charge in [-0.25, -0.2) is 0 Å². The van der Waals surface area contributed by atoms with Crippen molar-refractivity contribution in [3.63, 3.8) is 0 Å². The highest BCUT2D eigenvalue weighted by atomic mass is 79.9. The van der Waals surface area contributed by atoms with Crippen molar-refractivity contribution in [1.29, 1.82) is 0 Å². The van der Waals surface area contributed by atoms with Gasteiger partial charge >= 0.3 is 5.97 Å². The predicted molar refractivity (Wildman–Crippen MR) is 91.8 cm³/mol. The standard InChI is InChI=1S/C18H20BrNO2/c19-16-8-6-15(7-9-16)13-20-17(10-11-18(21)22)12-14-4-2-1-3-5-14/h1-9,17,20H,10-13H2,(H,21,22). The topological polar surface area (TPSA) is 49.3 Å². The van der Waals surface area contributed by atoms with E-state index < -0.39 is 5.97 Å². The number of aliphatic carboxylic acids is 1. The van der Waals surface area contributed by atoms with Gasteiger partial charge in [0.1, 0.15) is 0 Å². The van der Waals surface area contributed by atoms with E-state index in [2.05, 4.69) is 45.5 Å². The molecule has 1 atom stereocenters. The van der Waals surface area contributed by atoms with Crippen LogP contribution in [0.15, 0.2) is 59.1 Å². The van der Waals surface area contributed by atoms with Crippen LogP contribution in [0.5, 0.6) is 0 Å². The summed E-state index contributed by atoms with van der Waals surface area (Å²) in [4.78, 5) is 10.8. The summed E-state index contributed by atoms with van der Waals surface area (Å²) in [6, 6.07) is 18.5. The number of rotatable bonds is 8. The van der Waals surface area contributed by atoms with Gasteiger partial charge in [-0.1, -0.05) is 58.4 Å². The molecule has 0 radical (unpaired) electrons. The molecule has 116 valence electrons. The van der Waals surface area contributed by atoms with Crippen LogP contribution in [0.1, 0.15) is 24.0 Å². The van der Waals surface area contributed by atoms with Crippen molar-refractivity contribution in [3.05, 3.63) is 70.2 Å². The second-order valence-electron chi connectivity index (χ2n) is 5.33. The zero-order valence-electron chi connectivity index (χ0n) is 12.3. The molecule has 2 rings (SSSR count). The number of halogens is 1. The number of carboxylic acid groups (broad SMARTS) is 1. The Morgan fingerprint density at radius 2 is 1.73 bits per heavy atom. The maximum atomic E-state index is 10.8. The van der Waals surface area contributed by atoms with Gasteiger partial charge in [0.25, 0.3) is 0 Å². The lowest BCUT2D eigenvalue weighted by molar-refractivity contribution is -0.137. The maximum Gasteiger partial charge on any atom is 0.303 e. The Bertz CT molecular complexity index is 584. The summed E-state index contributed by atoms with van der Waals surface area (Å²) in [7, 11) is 0. The molecule has 4 heteroatoms. The lowest BCUT2D eigenvalue weighted by Crippen LogP contribution is -2.31. The van der Waals surface area contributed by atoms with Crippen LogP contribution in [0.25, 0.3) is 0 Å². The predicted octanol–water partition coefficient (Wildman–Crippen LogP) is 4.01. The third kappa shape index (κ3) is 6.00. The van der Waals surface area contributed by atoms with Crippen LogP contribution in [0, 0.1) is 0 Å². The van der Waals surface area contributed by atoms with E-state index in [9.17, 15) is 4.79 Å². The van der Waals surface area contributed by atoms with Gasteiger partial charge in [0, 0.05) is 23.5 Å². The van der Waals surface area contributed by atoms with Crippen LogP contribution in [0.4, 0.5) is 0 Å². The summed E-state index contributed by atoms with van der Waals surface area (Å²) < 4.78 is 1.06. The fraction of sp³-hybridized carbons (Fsp3) is 0.278. The van der Waals surface area contributed by atoms with E-state index in [1.54, 1.807) is 0 Å². The Kier molecular flexibility index (Phi) is 6.62. The molecular weight excluding hydrogens is 342 g/mol. The van der Waals surface area contributed by atoms with Crippen molar-refractivity contribution >= 4 is 21.9 Å². The normalized spacial score (nSPS) is 12.0. The number of hydrogen-bond donors (Lipinski definition) is 2. The van der Waals surface area contributed by atoms with Crippen molar-refractivity contribution in [2.75, 3.05) is 0 Å². The van der Waals surface area contributed by atoms with E-state index in [-0.39, 0.29) is 12.5 Å². The van der Waals surface area contributed by atoms with Crippen molar-refractivity contribution < 1.29 is 9.90 Å². The van der Waals surface area contributed by atoms with Crippen molar-refractivity contribution in [3.8, 4) is 0 Å². The summed E-state index contributed by atoms with van der Waals surface area (Å²) >= 11 is 3.42. The highest BCUT2D eigenvalue weighted by Crippen LogP contribution is 2.12. The number of nitrogens with one attached hydrogen (secondary N) is 1. The lowest BCUT2D eigenvalue weighted by atomic mass is 10.0. The highest BCUT2D eigenvalue weighted by Gasteiger charge is 2.11. The van der Waals surface area contributed by atoms with Gasteiger partial charge in [0.05, 0.1) is 0 Å². The molecule has 0 amide bonds. The Balaban J connectivity index is 1.94. The molecular formula is C18H20BrNO2. The van der Waals surface area contributed by atoms with Gasteiger partial charge in [-0.2, -0.15) is 0 Å². The molecule has 2 N–H and O–H groups in total. The van der Waals surface area contributed by atoms with E-state index >= 15 is 0 Å². The quantitative estimate of drug-likeness (QED) is 0.746. The Morgan fingerprint density at radius 1 is 1.05 bits per heavy atom. The molecule has 2 aromatic carbocycles. The zero-order chi connectivity index (χ0) is 15.8. The molecule has 0 saturated heterocycles. The van der Waals surface area contributed by atoms with E-state index in [4.69, 9.17) is 5.11 Å². The molecule has 0 aliphatic heterocycles. The number of carbonyl (C=O) groups is 1. The SMILES string of the molecule is O=C(O)CCC(Cc1ccccc1)NCc1ccc(Br)cc1. The molecule has 0 spiro atoms. The molecule has 1 unspecified atom stereocenters. The second-order valence-corrected chi connectivity index (χ2v) is 6.24. The van der Waals surface area contributed by atoms with Crippen LogP contribution < -0.4 is 5.32 Å². The number of hydrogen-bond acceptors (Lipinski definition) is 2. The minimum absolute atomic E-state index is 0.155. The minimum atomic E-state index is -0.747. The minimum Gasteiger partial charge on any atom is -0.481 e. The van der Waals surface area contributed by atoms with Gasteiger partial charge in [-0.15, -0.1) is 0 Å². The van der Waals surface area contributed by atoms with Gasteiger partial charge < -0.3 is 10.4 Å². The summed E-state index contributed by atoms with van der Waals surface area (Å²) in [6.07, 6.45) is 1.65. The van der Waals surface area contributed by atoms with E-state index in [1.165, 1.54) is 11.1 Å². The van der Waals surface area contributed by atoms with Crippen molar-refractivity contribution in [2.45, 2.75) is 31.8 Å². The van der Waals surface area contributed by atoms with Crippen LogP contribution >= 0.6 is 15.9 Å². The average molecular weight is 362 g/mol. The second kappa shape index (κ2) is 8.71. The average Bonchev–Trinajstić information content (AvgIpc) is 2.52. The first-order valence-corrected chi connectivity index (χ1v) is 8.16. The highest BCUT2D eigenvalue weighted by molar-refractivity contribution is 9.10. The Morgan fingerprint density at radius 3 is 2.36 bits per heavy atom. The van der Waals surface area contributed by atoms with E-state index in [0.717, 1.165) is 17.4 Å². The first kappa shape index (κ1) is 16.7. The lowest BCUT2D eigenvalue weighted by Gasteiger charge is -2.18. The van der Waals surface area contributed by atoms with Crippen LogP contribution in [-0.2, 0) is 17.8 Å². The molecule has 0 fully saturated rings. The van der Waals surface area contributed by atoms with Crippen molar-refractivity contribution in [1.82, 2.24) is 5.32 Å². The molecule has 0 aliphatic carbocycles. The summed E-state index contributed by atoms with van der Waals surface area (Å²) in [6.45, 7) is 0.740. The molecule has 0 heterocycles. The first-order chi connectivity index (χ1) is 10.6. The Labute approximate surface area is 139 Å². The monoisotopic (exact) mass is 361 g/mol. The van der Waals surface area contributed by atoms with Gasteiger partial charge in [-0.3, -0.25) is 4.79 Å². The van der Waals surface area contributed by atoms with Crippen molar-refractivity contribution in [2.24, 2.45) is 0 Å². The summed E-state index contributed by atoms with van der Waals surface area (Å²) in [5.41, 5.74) is 2.41. The molecule has 0 bridgehead atoms. The van der Waals surface area contributed by atoms with Gasteiger partial charge in [0.15, 0.2) is 0 Å². The number of benzene rings is 2. The molecule has 0 saturated carbocycles. The van der Waals surface area contributed by atoms with Gasteiger partial charge in [-0.05, 0) is 36.1 Å². The third-order valence-electron chi connectivity index (χ3n) is 3.54. The fourth-order valence-corrected chi connectivity index (χ4v) is 2.60. The third-order valence-corrected chi connectivity index (χ3v) is 4.07. The molecule has 3 nitrogen and oxygen atoms in total. The molecule has 2 aromatic rings. The van der Waals surface area contributed by atoms with Gasteiger partial charge in [0.2, 0.25) is 0 Å². The summed E-state index contributed by atoms with van der Waals surface area (Å²) in [5, 5.41) is 12.4. The van der Waals surface area contributed by atoms with E-state index in [0.29, 0.717) is 6.42 Å². The smallest absolute Gasteiger partial charge is 0.303 e. The fourth-order valence-electron chi connectivity index (χ4n) is 2.34. The summed E-state index contributed by atoms with van der Waals surface area (Å²) in [5.74, 6) is -0.747. The van der Waals surface area contributed by atoms with E-state index in [1.807, 2.05) is 30.3 Å². The molecule has 22 heavy (non-hydrogen) atoms. The molecule has 0 aromatic heterocycles. The number of carboxylic acids is 1. The Hall–Kier alpha value is -1.65. The van der Waals surface area contributed by atoms with Crippen LogP contribution in [-0.4, -0.2) is 17.1 Å². The first-order valence-electron chi connectivity index (χ1n) is 7.37. The largest absolute Gasteiger partial charge is 0.481 e. The van der Waals surface area contributed by atoms with Crippen LogP contribution in [0.2, 0.25) is 0 Å².